The van der Waals surface area contributed by atoms with Crippen LogP contribution in [-0.2, 0) is 18.4 Å². The van der Waals surface area contributed by atoms with Crippen LogP contribution in [0.4, 0.5) is 19.0 Å². The van der Waals surface area contributed by atoms with E-state index in [1.807, 2.05) is 0 Å². The van der Waals surface area contributed by atoms with Gasteiger partial charge in [0, 0.05) is 30.6 Å². The van der Waals surface area contributed by atoms with E-state index in [0.717, 1.165) is 15.7 Å². The monoisotopic (exact) mass is 497 g/mol. The number of hydrogen-bond acceptors (Lipinski definition) is 5. The number of pyridine rings is 1. The Bertz CT molecular complexity index is 1530. The lowest BCUT2D eigenvalue weighted by atomic mass is 10.1. The summed E-state index contributed by atoms with van der Waals surface area (Å²) in [6, 6.07) is 8.53. The summed E-state index contributed by atoms with van der Waals surface area (Å²) in [7, 11) is 1.75. The molecular formula is C24H22F3N7O2. The number of imidazole rings is 1. The molecule has 1 amide bonds. The molecule has 4 rings (SSSR count). The fourth-order valence-corrected chi connectivity index (χ4v) is 3.82. The fraction of sp³-hybridized carbons (Fsp3) is 0.208. The third-order valence-electron chi connectivity index (χ3n) is 5.44. The molecule has 0 fully saturated rings. The van der Waals surface area contributed by atoms with Crippen LogP contribution in [-0.4, -0.2) is 48.7 Å². The second-order valence-electron chi connectivity index (χ2n) is 7.96. The molecule has 36 heavy (non-hydrogen) atoms. The van der Waals surface area contributed by atoms with Crippen molar-refractivity contribution in [2.75, 3.05) is 6.54 Å². The third kappa shape index (κ3) is 4.83. The minimum atomic E-state index is -4.55. The number of halogens is 3. The summed E-state index contributed by atoms with van der Waals surface area (Å²) in [6.07, 6.45) is 1.76. The third-order valence-corrected chi connectivity index (χ3v) is 5.44. The van der Waals surface area contributed by atoms with E-state index in [4.69, 9.17) is 0 Å². The number of carbonyl (C=O) groups is 1. The van der Waals surface area contributed by atoms with Crippen LogP contribution < -0.4 is 11.0 Å². The standard InChI is InChI=1S/C24H22F3N7O2/c1-4-10-28-22-17(12-31-32(22)3)16-8-9-19(29-11-16)34-21-15(2)6-5-7-18(21)33(23(34)36)13-20(35)30-14-24(25,26)27/h4-12H,1,13-14H2,2-3H3,(H,30,35)/b28-10-. The molecule has 186 valence electrons. The van der Waals surface area contributed by atoms with Gasteiger partial charge in [-0.15, -0.1) is 0 Å². The smallest absolute Gasteiger partial charge is 0.345 e. The number of fused-ring (bicyclic) bond motifs is 1. The zero-order valence-electron chi connectivity index (χ0n) is 19.5. The molecule has 1 N–H and O–H groups in total. The van der Waals surface area contributed by atoms with Crippen molar-refractivity contribution in [1.29, 1.82) is 0 Å². The molecule has 4 aromatic rings. The van der Waals surface area contributed by atoms with Crippen molar-refractivity contribution in [3.05, 3.63) is 71.4 Å². The molecule has 0 saturated carbocycles. The summed E-state index contributed by atoms with van der Waals surface area (Å²) >= 11 is 0. The Hall–Kier alpha value is -4.48. The molecule has 0 aliphatic heterocycles. The predicted octanol–water partition coefficient (Wildman–Crippen LogP) is 3.46. The van der Waals surface area contributed by atoms with Crippen LogP contribution >= 0.6 is 0 Å². The van der Waals surface area contributed by atoms with Crippen LogP contribution in [0.25, 0.3) is 28.0 Å². The van der Waals surface area contributed by atoms with Crippen LogP contribution in [0.3, 0.4) is 0 Å². The van der Waals surface area contributed by atoms with Gasteiger partial charge in [0.2, 0.25) is 5.91 Å². The highest BCUT2D eigenvalue weighted by molar-refractivity contribution is 5.84. The Balaban J connectivity index is 1.75. The first kappa shape index (κ1) is 24.6. The maximum Gasteiger partial charge on any atom is 0.405 e. The summed E-state index contributed by atoms with van der Waals surface area (Å²) < 4.78 is 41.6. The van der Waals surface area contributed by atoms with Crippen molar-refractivity contribution >= 4 is 29.0 Å². The second kappa shape index (κ2) is 9.64. The quantitative estimate of drug-likeness (QED) is 0.396. The van der Waals surface area contributed by atoms with E-state index in [1.165, 1.54) is 4.57 Å². The fourth-order valence-electron chi connectivity index (χ4n) is 3.82. The number of benzene rings is 1. The van der Waals surface area contributed by atoms with Crippen molar-refractivity contribution in [3.8, 4) is 16.9 Å². The van der Waals surface area contributed by atoms with Crippen LogP contribution in [0, 0.1) is 6.92 Å². The van der Waals surface area contributed by atoms with Gasteiger partial charge in [-0.25, -0.2) is 19.3 Å². The number of aromatic nitrogens is 5. The van der Waals surface area contributed by atoms with Gasteiger partial charge in [-0.3, -0.25) is 14.0 Å². The van der Waals surface area contributed by atoms with E-state index in [0.29, 0.717) is 22.4 Å². The average molecular weight is 497 g/mol. The summed E-state index contributed by atoms with van der Waals surface area (Å²) in [5, 5.41) is 6.03. The van der Waals surface area contributed by atoms with E-state index in [1.54, 1.807) is 79.0 Å². The Morgan fingerprint density at radius 2 is 2.00 bits per heavy atom. The highest BCUT2D eigenvalue weighted by Crippen LogP contribution is 2.30. The topological polar surface area (TPSA) is 99.1 Å². The molecule has 3 aromatic heterocycles. The van der Waals surface area contributed by atoms with E-state index < -0.39 is 30.9 Å². The number of allylic oxidation sites excluding steroid dienone is 1. The number of para-hydroxylation sites is 1. The Labute approximate surface area is 203 Å². The minimum Gasteiger partial charge on any atom is -0.345 e. The summed E-state index contributed by atoms with van der Waals surface area (Å²) in [5.41, 5.74) is 2.48. The summed E-state index contributed by atoms with van der Waals surface area (Å²) in [6.45, 7) is 3.36. The molecule has 3 heterocycles. The molecule has 0 bridgehead atoms. The first-order chi connectivity index (χ1) is 17.1. The van der Waals surface area contributed by atoms with Crippen molar-refractivity contribution in [1.82, 2.24) is 29.2 Å². The molecule has 9 nitrogen and oxygen atoms in total. The number of aryl methyl sites for hydroxylation is 2. The van der Waals surface area contributed by atoms with Crippen molar-refractivity contribution in [2.24, 2.45) is 12.0 Å². The van der Waals surface area contributed by atoms with Crippen LogP contribution in [0.2, 0.25) is 0 Å². The first-order valence-corrected chi connectivity index (χ1v) is 10.8. The number of nitrogens with zero attached hydrogens (tertiary/aromatic N) is 6. The number of hydrogen-bond donors (Lipinski definition) is 1. The zero-order valence-corrected chi connectivity index (χ0v) is 19.5. The molecule has 0 unspecified atom stereocenters. The van der Waals surface area contributed by atoms with E-state index >= 15 is 0 Å². The molecular weight excluding hydrogens is 475 g/mol. The van der Waals surface area contributed by atoms with Crippen LogP contribution in [0.15, 0.2) is 65.2 Å². The van der Waals surface area contributed by atoms with Gasteiger partial charge >= 0.3 is 11.9 Å². The van der Waals surface area contributed by atoms with E-state index in [2.05, 4.69) is 21.7 Å². The van der Waals surface area contributed by atoms with E-state index in [9.17, 15) is 22.8 Å². The van der Waals surface area contributed by atoms with Crippen molar-refractivity contribution in [2.45, 2.75) is 19.6 Å². The van der Waals surface area contributed by atoms with Gasteiger partial charge in [0.05, 0.1) is 17.2 Å². The lowest BCUT2D eigenvalue weighted by molar-refractivity contribution is -0.138. The number of carbonyl (C=O) groups excluding carboxylic acids is 1. The molecule has 0 spiro atoms. The number of amides is 1. The highest BCUT2D eigenvalue weighted by Gasteiger charge is 2.28. The van der Waals surface area contributed by atoms with Gasteiger partial charge in [0.1, 0.15) is 18.9 Å². The molecule has 12 heteroatoms. The minimum absolute atomic E-state index is 0.289. The van der Waals surface area contributed by atoms with Crippen LogP contribution in [0.1, 0.15) is 5.56 Å². The molecule has 0 aliphatic rings. The van der Waals surface area contributed by atoms with Crippen molar-refractivity contribution < 1.29 is 18.0 Å². The lowest BCUT2D eigenvalue weighted by Crippen LogP contribution is -2.38. The Morgan fingerprint density at radius 1 is 1.22 bits per heavy atom. The maximum absolute atomic E-state index is 13.4. The van der Waals surface area contributed by atoms with Gasteiger partial charge in [0.15, 0.2) is 5.82 Å². The Kier molecular flexibility index (Phi) is 6.60. The lowest BCUT2D eigenvalue weighted by Gasteiger charge is -2.08. The van der Waals surface area contributed by atoms with Crippen molar-refractivity contribution in [3.63, 3.8) is 0 Å². The Morgan fingerprint density at radius 3 is 2.67 bits per heavy atom. The van der Waals surface area contributed by atoms with Gasteiger partial charge < -0.3 is 5.32 Å². The van der Waals surface area contributed by atoms with Gasteiger partial charge in [-0.1, -0.05) is 24.8 Å². The first-order valence-electron chi connectivity index (χ1n) is 10.8. The average Bonchev–Trinajstić information content (AvgIpc) is 3.34. The normalized spacial score (nSPS) is 11.9. The largest absolute Gasteiger partial charge is 0.405 e. The number of alkyl halides is 3. The second-order valence-corrected chi connectivity index (χ2v) is 7.96. The highest BCUT2D eigenvalue weighted by atomic mass is 19.4. The summed E-state index contributed by atoms with van der Waals surface area (Å²) in [4.78, 5) is 34.3. The molecule has 0 atom stereocenters. The van der Waals surface area contributed by atoms with Crippen LogP contribution in [0.5, 0.6) is 0 Å². The maximum atomic E-state index is 13.4. The van der Waals surface area contributed by atoms with Gasteiger partial charge in [-0.2, -0.15) is 18.3 Å². The molecule has 1 aromatic carbocycles. The predicted molar refractivity (Wildman–Crippen MR) is 130 cm³/mol. The molecule has 0 saturated heterocycles. The number of nitrogens with one attached hydrogen (secondary N) is 1. The molecule has 0 radical (unpaired) electrons. The SMILES string of the molecule is C=C/C=N\c1c(-c2ccc(-n3c(=O)n(CC(=O)NCC(F)(F)F)c4cccc(C)c43)nc2)cnn1C. The van der Waals surface area contributed by atoms with Gasteiger partial charge in [-0.05, 0) is 30.7 Å². The van der Waals surface area contributed by atoms with E-state index in [-0.39, 0.29) is 5.82 Å². The zero-order chi connectivity index (χ0) is 26.0. The van der Waals surface area contributed by atoms with Gasteiger partial charge in [0.25, 0.3) is 0 Å². The number of rotatable bonds is 7. The molecule has 0 aliphatic carbocycles. The number of aliphatic imine (C=N–C) groups is 1. The summed E-state index contributed by atoms with van der Waals surface area (Å²) in [5.74, 6) is -0.0426.